The van der Waals surface area contributed by atoms with E-state index in [4.69, 9.17) is 0 Å². The molecular weight excluding hydrogens is 252 g/mol. The van der Waals surface area contributed by atoms with Gasteiger partial charge in [0.15, 0.2) is 0 Å². The molecule has 110 valence electrons. The number of hydrogen-bond acceptors (Lipinski definition) is 3. The highest BCUT2D eigenvalue weighted by Gasteiger charge is 2.37. The molecule has 1 fully saturated rings. The van der Waals surface area contributed by atoms with E-state index in [0.29, 0.717) is 12.5 Å². The van der Waals surface area contributed by atoms with E-state index in [1.165, 1.54) is 5.69 Å². The van der Waals surface area contributed by atoms with Crippen LogP contribution in [0.1, 0.15) is 32.6 Å². The van der Waals surface area contributed by atoms with E-state index in [9.17, 15) is 9.90 Å². The molecule has 0 aliphatic heterocycles. The van der Waals surface area contributed by atoms with Crippen LogP contribution in [0, 0.1) is 0 Å². The molecule has 1 aliphatic rings. The monoisotopic (exact) mass is 276 g/mol. The maximum Gasteiger partial charge on any atom is 0.323 e. The molecule has 0 spiro atoms. The molecular formula is C16H24N2O2. The van der Waals surface area contributed by atoms with E-state index >= 15 is 0 Å². The van der Waals surface area contributed by atoms with E-state index in [0.717, 1.165) is 25.8 Å². The predicted octanol–water partition coefficient (Wildman–Crippen LogP) is 2.50. The number of nitrogens with zero attached hydrogens (tertiary/aromatic N) is 1. The molecule has 0 saturated heterocycles. The topological polar surface area (TPSA) is 52.6 Å². The van der Waals surface area contributed by atoms with Crippen LogP contribution in [0.4, 0.5) is 5.69 Å². The minimum absolute atomic E-state index is 0.406. The molecule has 1 saturated carbocycles. The fraction of sp³-hybridized carbons (Fsp3) is 0.562. The maximum atomic E-state index is 11.5. The molecule has 0 bridgehead atoms. The lowest BCUT2D eigenvalue weighted by atomic mass is 9.95. The summed E-state index contributed by atoms with van der Waals surface area (Å²) in [5.74, 6) is -0.744. The van der Waals surface area contributed by atoms with Gasteiger partial charge in [0.1, 0.15) is 5.54 Å². The minimum atomic E-state index is -0.793. The number of rotatable bonds is 8. The van der Waals surface area contributed by atoms with Gasteiger partial charge in [-0.1, -0.05) is 18.2 Å². The van der Waals surface area contributed by atoms with Crippen molar-refractivity contribution in [2.45, 2.75) is 44.2 Å². The zero-order chi connectivity index (χ0) is 14.6. The number of benzene rings is 1. The molecule has 0 aromatic heterocycles. The summed E-state index contributed by atoms with van der Waals surface area (Å²) in [6.07, 6.45) is 3.71. The molecule has 20 heavy (non-hydrogen) atoms. The predicted molar refractivity (Wildman–Crippen MR) is 81.1 cm³/mol. The first kappa shape index (κ1) is 14.9. The van der Waals surface area contributed by atoms with Gasteiger partial charge in [-0.25, -0.2) is 0 Å². The van der Waals surface area contributed by atoms with Crippen molar-refractivity contribution in [1.29, 1.82) is 0 Å². The second kappa shape index (κ2) is 6.27. The summed E-state index contributed by atoms with van der Waals surface area (Å²) in [5.41, 5.74) is 0.373. The second-order valence-corrected chi connectivity index (χ2v) is 5.92. The molecule has 0 amide bonds. The van der Waals surface area contributed by atoms with Crippen molar-refractivity contribution in [3.8, 4) is 0 Å². The summed E-state index contributed by atoms with van der Waals surface area (Å²) in [6.45, 7) is 2.66. The van der Waals surface area contributed by atoms with Crippen molar-refractivity contribution in [2.24, 2.45) is 0 Å². The van der Waals surface area contributed by atoms with Gasteiger partial charge in [-0.05, 0) is 44.7 Å². The normalized spacial score (nSPS) is 17.5. The molecule has 1 aromatic rings. The lowest BCUT2D eigenvalue weighted by Gasteiger charge is -2.28. The summed E-state index contributed by atoms with van der Waals surface area (Å²) in [5, 5.41) is 12.7. The molecule has 1 aliphatic carbocycles. The summed E-state index contributed by atoms with van der Waals surface area (Å²) in [7, 11) is 2.04. The number of nitrogens with one attached hydrogen (secondary N) is 1. The third-order valence-corrected chi connectivity index (χ3v) is 3.94. The van der Waals surface area contributed by atoms with Crippen LogP contribution in [0.5, 0.6) is 0 Å². The van der Waals surface area contributed by atoms with E-state index in [-0.39, 0.29) is 0 Å². The highest BCUT2D eigenvalue weighted by molar-refractivity contribution is 5.78. The molecule has 0 heterocycles. The van der Waals surface area contributed by atoms with Gasteiger partial charge < -0.3 is 10.0 Å². The molecule has 0 radical (unpaired) electrons. The first-order chi connectivity index (χ1) is 9.51. The second-order valence-electron chi connectivity index (χ2n) is 5.92. The average molecular weight is 276 g/mol. The third-order valence-electron chi connectivity index (χ3n) is 3.94. The van der Waals surface area contributed by atoms with Gasteiger partial charge in [-0.2, -0.15) is 0 Å². The zero-order valence-electron chi connectivity index (χ0n) is 12.3. The molecule has 1 atom stereocenters. The van der Waals surface area contributed by atoms with E-state index in [2.05, 4.69) is 22.3 Å². The fourth-order valence-electron chi connectivity index (χ4n) is 2.40. The summed E-state index contributed by atoms with van der Waals surface area (Å²) in [6, 6.07) is 10.6. The van der Waals surface area contributed by atoms with Gasteiger partial charge in [0.25, 0.3) is 0 Å². The van der Waals surface area contributed by atoms with Crippen LogP contribution in [0.15, 0.2) is 30.3 Å². The van der Waals surface area contributed by atoms with Crippen LogP contribution >= 0.6 is 0 Å². The molecule has 1 aromatic carbocycles. The SMILES string of the molecule is CN(CCCC(C)(NC1CC1)C(=O)O)c1ccccc1. The highest BCUT2D eigenvalue weighted by Crippen LogP contribution is 2.25. The van der Waals surface area contributed by atoms with Crippen LogP contribution in [0.25, 0.3) is 0 Å². The Labute approximate surface area is 120 Å². The number of carboxylic acid groups (broad SMARTS) is 1. The van der Waals surface area contributed by atoms with Crippen LogP contribution in [0.2, 0.25) is 0 Å². The van der Waals surface area contributed by atoms with Crippen LogP contribution < -0.4 is 10.2 Å². The van der Waals surface area contributed by atoms with Gasteiger partial charge >= 0.3 is 5.97 Å². The Bertz CT molecular complexity index is 445. The van der Waals surface area contributed by atoms with Gasteiger partial charge in [-0.15, -0.1) is 0 Å². The van der Waals surface area contributed by atoms with Crippen molar-refractivity contribution in [2.75, 3.05) is 18.5 Å². The van der Waals surface area contributed by atoms with Crippen molar-refractivity contribution in [3.05, 3.63) is 30.3 Å². The largest absolute Gasteiger partial charge is 0.480 e. The Hall–Kier alpha value is -1.55. The van der Waals surface area contributed by atoms with Gasteiger partial charge in [0, 0.05) is 25.3 Å². The first-order valence-electron chi connectivity index (χ1n) is 7.28. The molecule has 4 nitrogen and oxygen atoms in total. The average Bonchev–Trinajstić information content (AvgIpc) is 3.23. The smallest absolute Gasteiger partial charge is 0.323 e. The molecule has 2 N–H and O–H groups in total. The number of anilines is 1. The summed E-state index contributed by atoms with van der Waals surface area (Å²) >= 11 is 0. The molecule has 2 rings (SSSR count). The van der Waals surface area contributed by atoms with Crippen molar-refractivity contribution < 1.29 is 9.90 Å². The van der Waals surface area contributed by atoms with Gasteiger partial charge in [0.05, 0.1) is 0 Å². The zero-order valence-corrected chi connectivity index (χ0v) is 12.3. The number of aliphatic carboxylic acids is 1. The van der Waals surface area contributed by atoms with Gasteiger partial charge in [-0.3, -0.25) is 10.1 Å². The maximum absolute atomic E-state index is 11.5. The van der Waals surface area contributed by atoms with Crippen molar-refractivity contribution >= 4 is 11.7 Å². The first-order valence-corrected chi connectivity index (χ1v) is 7.28. The Morgan fingerprint density at radius 3 is 2.60 bits per heavy atom. The van der Waals surface area contributed by atoms with E-state index in [1.807, 2.05) is 25.2 Å². The number of carboxylic acids is 1. The van der Waals surface area contributed by atoms with Crippen LogP contribution in [-0.2, 0) is 4.79 Å². The third kappa shape index (κ3) is 3.97. The van der Waals surface area contributed by atoms with E-state index in [1.54, 1.807) is 6.92 Å². The Kier molecular flexibility index (Phi) is 4.65. The Morgan fingerprint density at radius 1 is 1.40 bits per heavy atom. The lowest BCUT2D eigenvalue weighted by molar-refractivity contribution is -0.144. The number of carbonyl (C=O) groups is 1. The Balaban J connectivity index is 1.82. The standard InChI is InChI=1S/C16H24N2O2/c1-16(15(19)20,17-13-9-10-13)11-6-12-18(2)14-7-4-3-5-8-14/h3-5,7-8,13,17H,6,9-12H2,1-2H3,(H,19,20). The van der Waals surface area contributed by atoms with Gasteiger partial charge in [0.2, 0.25) is 0 Å². The number of para-hydroxylation sites is 1. The molecule has 4 heteroatoms. The Morgan fingerprint density at radius 2 is 2.05 bits per heavy atom. The summed E-state index contributed by atoms with van der Waals surface area (Å²) < 4.78 is 0. The quantitative estimate of drug-likeness (QED) is 0.766. The molecule has 1 unspecified atom stereocenters. The fourth-order valence-corrected chi connectivity index (χ4v) is 2.40. The number of hydrogen-bond donors (Lipinski definition) is 2. The van der Waals surface area contributed by atoms with Crippen LogP contribution in [0.3, 0.4) is 0 Å². The minimum Gasteiger partial charge on any atom is -0.480 e. The van der Waals surface area contributed by atoms with E-state index < -0.39 is 11.5 Å². The highest BCUT2D eigenvalue weighted by atomic mass is 16.4. The summed E-state index contributed by atoms with van der Waals surface area (Å²) in [4.78, 5) is 13.6. The van der Waals surface area contributed by atoms with Crippen molar-refractivity contribution in [3.63, 3.8) is 0 Å². The van der Waals surface area contributed by atoms with Crippen molar-refractivity contribution in [1.82, 2.24) is 5.32 Å². The lowest BCUT2D eigenvalue weighted by Crippen LogP contribution is -2.50. The van der Waals surface area contributed by atoms with Crippen LogP contribution in [-0.4, -0.2) is 36.2 Å².